The molecule has 1 atom stereocenters. The molecule has 2 aromatic heterocycles. The van der Waals surface area contributed by atoms with E-state index in [2.05, 4.69) is 53.5 Å². The number of aromatic nitrogens is 2. The van der Waals surface area contributed by atoms with Gasteiger partial charge in [0.05, 0.1) is 29.1 Å². The molecule has 6 heteroatoms. The zero-order valence-corrected chi connectivity index (χ0v) is 23.8. The lowest BCUT2D eigenvalue weighted by Gasteiger charge is -2.30. The first kappa shape index (κ1) is 24.8. The van der Waals surface area contributed by atoms with Gasteiger partial charge in [0.15, 0.2) is 4.80 Å². The van der Waals surface area contributed by atoms with Crippen molar-refractivity contribution in [1.82, 2.24) is 9.55 Å². The van der Waals surface area contributed by atoms with Crippen molar-refractivity contribution in [3.8, 4) is 17.0 Å². The molecule has 4 aromatic carbocycles. The van der Waals surface area contributed by atoms with Crippen molar-refractivity contribution in [2.75, 3.05) is 7.11 Å². The van der Waals surface area contributed by atoms with Gasteiger partial charge >= 0.3 is 0 Å². The summed E-state index contributed by atoms with van der Waals surface area (Å²) in [6.07, 6.45) is 3.85. The Balaban J connectivity index is 1.41. The molecular formula is C36H27N3O2S. The Kier molecular flexibility index (Phi) is 5.83. The minimum atomic E-state index is -0.190. The molecule has 0 saturated heterocycles. The summed E-state index contributed by atoms with van der Waals surface area (Å²) in [4.78, 5) is 23.9. The number of H-pyrrole nitrogens is 1. The highest BCUT2D eigenvalue weighted by Crippen LogP contribution is 2.41. The summed E-state index contributed by atoms with van der Waals surface area (Å²) in [5, 5.41) is 1.01. The number of nitrogens with one attached hydrogen (secondary N) is 1. The molecule has 1 aliphatic carbocycles. The van der Waals surface area contributed by atoms with Crippen molar-refractivity contribution >= 4 is 34.0 Å². The third kappa shape index (κ3) is 3.90. The average Bonchev–Trinajstić information content (AvgIpc) is 3.57. The summed E-state index contributed by atoms with van der Waals surface area (Å²) in [6.45, 7) is 0. The van der Waals surface area contributed by atoms with Crippen molar-refractivity contribution in [1.29, 1.82) is 0 Å². The summed E-state index contributed by atoms with van der Waals surface area (Å²) in [5.74, 6) is 0.771. The number of fused-ring (bicyclic) bond motifs is 4. The third-order valence-corrected chi connectivity index (χ3v) is 9.36. The van der Waals surface area contributed by atoms with Crippen molar-refractivity contribution < 1.29 is 4.74 Å². The largest absolute Gasteiger partial charge is 0.497 e. The molecule has 8 rings (SSSR count). The molecule has 0 fully saturated rings. The molecular weight excluding hydrogens is 538 g/mol. The lowest BCUT2D eigenvalue weighted by atomic mass is 9.83. The summed E-state index contributed by atoms with van der Waals surface area (Å²) in [6, 6.07) is 35.0. The van der Waals surface area contributed by atoms with Gasteiger partial charge in [0.25, 0.3) is 5.56 Å². The van der Waals surface area contributed by atoms with Crippen LogP contribution in [0.5, 0.6) is 5.75 Å². The Labute approximate surface area is 246 Å². The van der Waals surface area contributed by atoms with Crippen molar-refractivity contribution in [2.24, 2.45) is 4.99 Å². The highest BCUT2D eigenvalue weighted by Gasteiger charge is 2.32. The molecule has 0 amide bonds. The van der Waals surface area contributed by atoms with Crippen LogP contribution in [0.4, 0.5) is 0 Å². The van der Waals surface area contributed by atoms with Gasteiger partial charge in [0.1, 0.15) is 5.75 Å². The van der Waals surface area contributed by atoms with E-state index in [1.165, 1.54) is 28.0 Å². The molecule has 204 valence electrons. The Morgan fingerprint density at radius 2 is 1.69 bits per heavy atom. The first-order chi connectivity index (χ1) is 20.7. The topological polar surface area (TPSA) is 59.4 Å². The molecule has 2 aliphatic rings. The SMILES string of the molecule is COc1ccc2[nH]c(-c3ccccc3)c(/C=c3/sc4n(c3=O)[C@H](c3ccccc3)C3=C(N=4)c4ccccc4CC3)c2c1. The van der Waals surface area contributed by atoms with E-state index in [0.29, 0.717) is 4.53 Å². The molecule has 0 saturated carbocycles. The van der Waals surface area contributed by atoms with E-state index in [1.54, 1.807) is 7.11 Å². The average molecular weight is 566 g/mol. The minimum absolute atomic E-state index is 0.0192. The lowest BCUT2D eigenvalue weighted by Crippen LogP contribution is -2.38. The van der Waals surface area contributed by atoms with E-state index in [0.717, 1.165) is 62.4 Å². The fraction of sp³-hybridized carbons (Fsp3) is 0.111. The molecule has 5 nitrogen and oxygen atoms in total. The van der Waals surface area contributed by atoms with E-state index in [-0.39, 0.29) is 11.6 Å². The van der Waals surface area contributed by atoms with Gasteiger partial charge in [-0.1, -0.05) is 96.3 Å². The Hall–Kier alpha value is -4.94. The number of methoxy groups -OCH3 is 1. The number of hydrogen-bond donors (Lipinski definition) is 1. The summed E-state index contributed by atoms with van der Waals surface area (Å²) >= 11 is 1.46. The van der Waals surface area contributed by atoms with Crippen LogP contribution in [0, 0.1) is 0 Å². The highest BCUT2D eigenvalue weighted by molar-refractivity contribution is 7.07. The summed E-state index contributed by atoms with van der Waals surface area (Å²) in [7, 11) is 1.67. The minimum Gasteiger partial charge on any atom is -0.497 e. The fourth-order valence-corrected chi connectivity index (χ4v) is 7.37. The number of benzene rings is 4. The molecule has 3 heterocycles. The van der Waals surface area contributed by atoms with E-state index in [4.69, 9.17) is 9.73 Å². The van der Waals surface area contributed by atoms with Crippen LogP contribution < -0.4 is 19.6 Å². The van der Waals surface area contributed by atoms with Gasteiger partial charge in [0.2, 0.25) is 0 Å². The van der Waals surface area contributed by atoms with Crippen LogP contribution >= 0.6 is 11.3 Å². The second-order valence-corrected chi connectivity index (χ2v) is 11.7. The Morgan fingerprint density at radius 1 is 0.929 bits per heavy atom. The van der Waals surface area contributed by atoms with Crippen molar-refractivity contribution in [2.45, 2.75) is 18.9 Å². The van der Waals surface area contributed by atoms with E-state index in [9.17, 15) is 4.79 Å². The van der Waals surface area contributed by atoms with Crippen LogP contribution in [0.1, 0.15) is 34.7 Å². The first-order valence-corrected chi connectivity index (χ1v) is 14.9. The van der Waals surface area contributed by atoms with E-state index in [1.807, 2.05) is 65.2 Å². The quantitative estimate of drug-likeness (QED) is 0.266. The number of nitrogens with zero attached hydrogens (tertiary/aromatic N) is 2. The van der Waals surface area contributed by atoms with Crippen LogP contribution in [0.25, 0.3) is 33.9 Å². The second kappa shape index (κ2) is 9.86. The molecule has 0 bridgehead atoms. The van der Waals surface area contributed by atoms with Gasteiger partial charge in [-0.3, -0.25) is 9.36 Å². The maximum atomic E-state index is 14.4. The monoisotopic (exact) mass is 565 g/mol. The second-order valence-electron chi connectivity index (χ2n) is 10.7. The number of thiazole rings is 1. The van der Waals surface area contributed by atoms with E-state index < -0.39 is 0 Å². The van der Waals surface area contributed by atoms with Crippen molar-refractivity contribution in [3.63, 3.8) is 0 Å². The number of aryl methyl sites for hydroxylation is 1. The predicted molar refractivity (Wildman–Crippen MR) is 169 cm³/mol. The highest BCUT2D eigenvalue weighted by atomic mass is 32.1. The normalized spacial score (nSPS) is 16.1. The first-order valence-electron chi connectivity index (χ1n) is 14.1. The molecule has 0 radical (unpaired) electrons. The van der Waals surface area contributed by atoms with Crippen LogP contribution in [-0.2, 0) is 6.42 Å². The van der Waals surface area contributed by atoms with Gasteiger partial charge < -0.3 is 9.72 Å². The number of allylic oxidation sites excluding steroid dienone is 1. The van der Waals surface area contributed by atoms with Crippen LogP contribution in [-0.4, -0.2) is 16.7 Å². The van der Waals surface area contributed by atoms with Crippen LogP contribution in [0.15, 0.2) is 118 Å². The lowest BCUT2D eigenvalue weighted by molar-refractivity contribution is 0.415. The third-order valence-electron chi connectivity index (χ3n) is 8.37. The van der Waals surface area contributed by atoms with Crippen LogP contribution in [0.2, 0.25) is 0 Å². The Bertz CT molecular complexity index is 2210. The summed E-state index contributed by atoms with van der Waals surface area (Å²) < 4.78 is 8.14. The van der Waals surface area contributed by atoms with E-state index >= 15 is 0 Å². The number of hydrogen-bond acceptors (Lipinski definition) is 4. The van der Waals surface area contributed by atoms with Crippen molar-refractivity contribution in [3.05, 3.63) is 151 Å². The van der Waals surface area contributed by atoms with Gasteiger partial charge in [-0.2, -0.15) is 0 Å². The molecule has 0 unspecified atom stereocenters. The molecule has 1 aliphatic heterocycles. The smallest absolute Gasteiger partial charge is 0.271 e. The van der Waals surface area contributed by atoms with Gasteiger partial charge in [-0.25, -0.2) is 4.99 Å². The molecule has 6 aromatic rings. The maximum Gasteiger partial charge on any atom is 0.271 e. The molecule has 1 N–H and O–H groups in total. The molecule has 0 spiro atoms. The maximum absolute atomic E-state index is 14.4. The Morgan fingerprint density at radius 3 is 2.50 bits per heavy atom. The standard InChI is InChI=1S/C36H27N3O2S/c1-41-25-17-19-30-28(20-25)29(32(37-30)23-11-4-2-5-12-23)21-31-35(40)39-34(24-13-6-3-7-14-24)27-18-16-22-10-8-9-15-26(22)33(27)38-36(39)42-31/h2-15,17,19-21,34,37H,16,18H2,1H3/b31-21+/t34-/m1/s1. The van der Waals surface area contributed by atoms with Crippen LogP contribution in [0.3, 0.4) is 0 Å². The predicted octanol–water partition coefficient (Wildman–Crippen LogP) is 6.48. The zero-order valence-electron chi connectivity index (χ0n) is 23.0. The molecule has 42 heavy (non-hydrogen) atoms. The zero-order chi connectivity index (χ0) is 28.2. The number of ether oxygens (including phenoxy) is 1. The number of aromatic amines is 1. The van der Waals surface area contributed by atoms with Gasteiger partial charge in [-0.05, 0) is 59.4 Å². The number of rotatable bonds is 4. The summed E-state index contributed by atoms with van der Waals surface area (Å²) in [5.41, 5.74) is 9.77. The van der Waals surface area contributed by atoms with Gasteiger partial charge in [0, 0.05) is 22.0 Å². The van der Waals surface area contributed by atoms with Gasteiger partial charge in [-0.15, -0.1) is 0 Å². The fourth-order valence-electron chi connectivity index (χ4n) is 6.39.